The molecule has 1 amide bonds. The Hall–Kier alpha value is -2.59. The number of amides is 1. The number of rotatable bonds is 35. The van der Waals surface area contributed by atoms with Crippen LogP contribution in [0.1, 0.15) is 87.8 Å². The summed E-state index contributed by atoms with van der Waals surface area (Å²) in [7, 11) is 0. The number of aryl methyl sites for hydroxylation is 1. The number of nitrogens with zero attached hydrogens (tertiary/aromatic N) is 4. The summed E-state index contributed by atoms with van der Waals surface area (Å²) >= 11 is 1.87. The van der Waals surface area contributed by atoms with Crippen LogP contribution in [-0.2, 0) is 65.1 Å². The van der Waals surface area contributed by atoms with Crippen LogP contribution >= 0.6 is 11.3 Å². The number of anilines is 1. The molecule has 2 aliphatic heterocycles. The number of aromatic nitrogens is 3. The van der Waals surface area contributed by atoms with Crippen molar-refractivity contribution in [2.75, 3.05) is 158 Å². The molecule has 0 unspecified atom stereocenters. The molecule has 3 aromatic rings. The molecule has 5 heterocycles. The highest BCUT2D eigenvalue weighted by Gasteiger charge is 2.33. The van der Waals surface area contributed by atoms with Gasteiger partial charge in [0, 0.05) is 63.2 Å². The fourth-order valence-electron chi connectivity index (χ4n) is 9.17. The van der Waals surface area contributed by atoms with E-state index in [9.17, 15) is 4.79 Å². The van der Waals surface area contributed by atoms with Gasteiger partial charge in [0.2, 0.25) is 5.91 Å². The number of imidazole rings is 1. The number of hydrogen-bond acceptors (Lipinski definition) is 16. The van der Waals surface area contributed by atoms with Gasteiger partial charge in [-0.2, -0.15) is 0 Å². The van der Waals surface area contributed by atoms with Crippen LogP contribution < -0.4 is 11.5 Å². The molecular formula is C49H82N6O11S. The summed E-state index contributed by atoms with van der Waals surface area (Å²) in [6, 6.07) is 2.26. The first-order valence-corrected chi connectivity index (χ1v) is 26.2. The Labute approximate surface area is 402 Å². The maximum absolute atomic E-state index is 13.7. The maximum Gasteiger partial charge on any atom is 0.225 e. The number of unbranched alkanes of at least 4 members (excludes halogenated alkanes) is 1. The molecule has 3 fully saturated rings. The molecule has 0 bridgehead atoms. The second-order valence-electron chi connectivity index (χ2n) is 17.9. The molecule has 2 saturated heterocycles. The van der Waals surface area contributed by atoms with Gasteiger partial charge in [0.1, 0.15) is 11.3 Å². The summed E-state index contributed by atoms with van der Waals surface area (Å²) in [5, 5.41) is 0. The zero-order chi connectivity index (χ0) is 46.7. The summed E-state index contributed by atoms with van der Waals surface area (Å²) in [6.45, 7) is 16.6. The Morgan fingerprint density at radius 1 is 0.687 bits per heavy atom. The number of nitrogens with two attached hydrogens (primary N) is 2. The number of pyridine rings is 1. The van der Waals surface area contributed by atoms with E-state index in [2.05, 4.69) is 22.5 Å². The van der Waals surface area contributed by atoms with Crippen LogP contribution in [0.5, 0.6) is 0 Å². The van der Waals surface area contributed by atoms with Gasteiger partial charge in [-0.05, 0) is 81.6 Å². The maximum atomic E-state index is 13.7. The largest absolute Gasteiger partial charge is 0.382 e. The van der Waals surface area contributed by atoms with E-state index in [1.807, 2.05) is 11.3 Å². The summed E-state index contributed by atoms with van der Waals surface area (Å²) < 4.78 is 59.3. The lowest BCUT2D eigenvalue weighted by molar-refractivity contribution is -0.138. The third-order valence-electron chi connectivity index (χ3n) is 13.0. The fraction of sp³-hybridized carbons (Fsp3) is 0.816. The van der Waals surface area contributed by atoms with Crippen molar-refractivity contribution in [1.29, 1.82) is 0 Å². The standard InChI is InChI=1S/C49H82N6O11S/c1-2-3-4-44-53-45-46(55(44)36-38-11-16-57-17-12-38)47-42(52-48(45)51)35-43(67-47)40-9-14-54(15-10-40)49(56)41-7-5-39(6-8-41)37-66-34-33-65-32-31-64-30-29-63-28-27-62-26-25-61-24-23-60-22-21-59-20-19-58-18-13-50/h35,38-41H,2-34,36-37,50H2,1H3,(H2,51,52). The van der Waals surface area contributed by atoms with Crippen molar-refractivity contribution in [3.05, 3.63) is 16.8 Å². The number of carbonyl (C=O) groups excluding carboxylic acids is 1. The smallest absolute Gasteiger partial charge is 0.225 e. The lowest BCUT2D eigenvalue weighted by Gasteiger charge is -2.36. The second-order valence-corrected chi connectivity index (χ2v) is 19.0. The van der Waals surface area contributed by atoms with Gasteiger partial charge in [-0.15, -0.1) is 11.3 Å². The van der Waals surface area contributed by atoms with Crippen molar-refractivity contribution in [3.8, 4) is 0 Å². The molecule has 0 atom stereocenters. The van der Waals surface area contributed by atoms with Crippen molar-refractivity contribution in [1.82, 2.24) is 19.4 Å². The van der Waals surface area contributed by atoms with Crippen molar-refractivity contribution < 1.29 is 52.2 Å². The first kappa shape index (κ1) is 53.8. The van der Waals surface area contributed by atoms with Crippen LogP contribution in [0, 0.1) is 17.8 Å². The molecule has 1 saturated carbocycles. The third kappa shape index (κ3) is 18.3. The molecular weight excluding hydrogens is 881 g/mol. The van der Waals surface area contributed by atoms with E-state index in [-0.39, 0.29) is 5.92 Å². The number of likely N-dealkylation sites (tertiary alicyclic amines) is 1. The first-order chi connectivity index (χ1) is 33.1. The molecule has 67 heavy (non-hydrogen) atoms. The highest BCUT2D eigenvalue weighted by Crippen LogP contribution is 2.41. The summed E-state index contributed by atoms with van der Waals surface area (Å²) in [4.78, 5) is 27.2. The molecule has 6 rings (SSSR count). The zero-order valence-corrected chi connectivity index (χ0v) is 41.3. The van der Waals surface area contributed by atoms with Crippen LogP contribution in [0.15, 0.2) is 6.07 Å². The third-order valence-corrected chi connectivity index (χ3v) is 14.3. The van der Waals surface area contributed by atoms with Gasteiger partial charge >= 0.3 is 0 Å². The Balaban J connectivity index is 0.751. The van der Waals surface area contributed by atoms with Crippen molar-refractivity contribution >= 4 is 44.3 Å². The van der Waals surface area contributed by atoms with E-state index in [0.717, 1.165) is 132 Å². The fourth-order valence-corrected chi connectivity index (χ4v) is 10.5. The number of piperidine rings is 1. The number of thiophene rings is 1. The lowest BCUT2D eigenvalue weighted by Crippen LogP contribution is -2.42. The average molecular weight is 963 g/mol. The normalized spacial score (nSPS) is 18.8. The minimum atomic E-state index is 0.121. The molecule has 17 nitrogen and oxygen atoms in total. The molecule has 3 aliphatic rings. The summed E-state index contributed by atoms with van der Waals surface area (Å²) in [6.07, 6.45) is 11.2. The summed E-state index contributed by atoms with van der Waals surface area (Å²) in [5.74, 6) is 3.61. The molecule has 0 aromatic carbocycles. The topological polar surface area (TPSA) is 195 Å². The lowest BCUT2D eigenvalue weighted by atomic mass is 9.81. The quantitative estimate of drug-likeness (QED) is 0.0690. The van der Waals surface area contributed by atoms with Gasteiger partial charge in [0.05, 0.1) is 128 Å². The monoisotopic (exact) mass is 963 g/mol. The minimum absolute atomic E-state index is 0.121. The van der Waals surface area contributed by atoms with E-state index in [0.29, 0.717) is 148 Å². The average Bonchev–Trinajstić information content (AvgIpc) is 3.95. The Kier molecular flexibility index (Phi) is 25.4. The first-order valence-electron chi connectivity index (χ1n) is 25.4. The second kappa shape index (κ2) is 31.6. The number of nitrogen functional groups attached to an aromatic ring is 1. The predicted octanol–water partition coefficient (Wildman–Crippen LogP) is 5.62. The van der Waals surface area contributed by atoms with Crippen molar-refractivity contribution in [2.24, 2.45) is 23.5 Å². The van der Waals surface area contributed by atoms with Crippen LogP contribution in [0.2, 0.25) is 0 Å². The molecule has 3 aromatic heterocycles. The van der Waals surface area contributed by atoms with Crippen molar-refractivity contribution in [2.45, 2.75) is 90.0 Å². The van der Waals surface area contributed by atoms with E-state index in [1.54, 1.807) is 0 Å². The number of carbonyl (C=O) groups is 1. The van der Waals surface area contributed by atoms with Crippen LogP contribution in [0.25, 0.3) is 21.3 Å². The van der Waals surface area contributed by atoms with Crippen LogP contribution in [0.4, 0.5) is 5.82 Å². The van der Waals surface area contributed by atoms with E-state index in [4.69, 9.17) is 68.8 Å². The Morgan fingerprint density at radius 2 is 1.21 bits per heavy atom. The van der Waals surface area contributed by atoms with Crippen LogP contribution in [-0.4, -0.2) is 177 Å². The Bertz CT molecular complexity index is 1800. The number of hydrogen-bond donors (Lipinski definition) is 2. The molecule has 380 valence electrons. The van der Waals surface area contributed by atoms with Gasteiger partial charge in [-0.1, -0.05) is 13.3 Å². The molecule has 1 aliphatic carbocycles. The zero-order valence-electron chi connectivity index (χ0n) is 40.5. The number of fused-ring (bicyclic) bond motifs is 3. The van der Waals surface area contributed by atoms with E-state index >= 15 is 0 Å². The Morgan fingerprint density at radius 3 is 1.73 bits per heavy atom. The van der Waals surface area contributed by atoms with Crippen LogP contribution in [0.3, 0.4) is 0 Å². The highest BCUT2D eigenvalue weighted by atomic mass is 32.1. The van der Waals surface area contributed by atoms with Gasteiger partial charge < -0.3 is 68.3 Å². The van der Waals surface area contributed by atoms with E-state index in [1.165, 1.54) is 9.58 Å². The van der Waals surface area contributed by atoms with Gasteiger partial charge in [0.15, 0.2) is 5.82 Å². The molecule has 18 heteroatoms. The van der Waals surface area contributed by atoms with Gasteiger partial charge in [0.25, 0.3) is 0 Å². The highest BCUT2D eigenvalue weighted by molar-refractivity contribution is 7.20. The predicted molar refractivity (Wildman–Crippen MR) is 260 cm³/mol. The molecule has 4 N–H and O–H groups in total. The van der Waals surface area contributed by atoms with Crippen molar-refractivity contribution in [3.63, 3.8) is 0 Å². The van der Waals surface area contributed by atoms with E-state index < -0.39 is 0 Å². The minimum Gasteiger partial charge on any atom is -0.382 e. The molecule has 0 spiro atoms. The molecule has 0 radical (unpaired) electrons. The summed E-state index contributed by atoms with van der Waals surface area (Å²) in [5.41, 5.74) is 15.0. The van der Waals surface area contributed by atoms with Gasteiger partial charge in [-0.3, -0.25) is 4.79 Å². The number of ether oxygens (including phenoxy) is 10. The van der Waals surface area contributed by atoms with Gasteiger partial charge in [-0.25, -0.2) is 9.97 Å². The SMILES string of the molecule is CCCCc1nc2c(N)nc3cc(C4CCN(C(=O)C5CCC(COCCOCCOCCOCCOCCOCCOCCOCCOCCN)CC5)CC4)sc3c2n1CC1CCOCC1.